The number of ether oxygens (including phenoxy) is 1. The van der Waals surface area contributed by atoms with E-state index in [1.807, 2.05) is 0 Å². The van der Waals surface area contributed by atoms with Gasteiger partial charge in [0.25, 0.3) is 5.91 Å². The van der Waals surface area contributed by atoms with Crippen LogP contribution in [0.25, 0.3) is 0 Å². The van der Waals surface area contributed by atoms with Crippen molar-refractivity contribution in [3.8, 4) is 5.75 Å². The van der Waals surface area contributed by atoms with Gasteiger partial charge in [0.05, 0.1) is 24.9 Å². The van der Waals surface area contributed by atoms with Gasteiger partial charge in [0, 0.05) is 25.2 Å². The van der Waals surface area contributed by atoms with E-state index >= 15 is 0 Å². The fourth-order valence-electron chi connectivity index (χ4n) is 2.36. The van der Waals surface area contributed by atoms with Crippen LogP contribution in [0.3, 0.4) is 0 Å². The Kier molecular flexibility index (Phi) is 6.91. The number of nitrogens with zero attached hydrogens (tertiary/aromatic N) is 2. The molecule has 2 atom stereocenters. The largest absolute Gasteiger partial charge is 0.486 e. The minimum absolute atomic E-state index is 0.0626. The van der Waals surface area contributed by atoms with Crippen molar-refractivity contribution in [3.63, 3.8) is 0 Å². The molecule has 0 spiro atoms. The van der Waals surface area contributed by atoms with Crippen LogP contribution in [-0.4, -0.2) is 52.6 Å². The number of carbonyl (C=O) groups is 1. The number of nitrogen functional groups attached to an aromatic ring is 1. The van der Waals surface area contributed by atoms with Crippen LogP contribution in [0.1, 0.15) is 24.1 Å². The van der Waals surface area contributed by atoms with Crippen LogP contribution in [0.2, 0.25) is 0 Å². The fourth-order valence-corrected chi connectivity index (χ4v) is 2.36. The summed E-state index contributed by atoms with van der Waals surface area (Å²) >= 11 is 0. The molecule has 2 aromatic rings. The minimum Gasteiger partial charge on any atom is -0.486 e. The average molecular weight is 376 g/mol. The molecule has 1 aromatic heterocycles. The highest BCUT2D eigenvalue weighted by atomic mass is 16.5. The number of oxazole rings is 1. The number of aromatic nitrogens is 1. The van der Waals surface area contributed by atoms with Gasteiger partial charge in [0.1, 0.15) is 18.1 Å². The Bertz CT molecular complexity index is 816. The lowest BCUT2D eigenvalue weighted by Gasteiger charge is -2.20. The molecule has 0 radical (unpaired) electrons. The number of amides is 1. The molecular formula is C18H24N4O5. The third kappa shape index (κ3) is 5.28. The van der Waals surface area contributed by atoms with E-state index in [4.69, 9.17) is 14.9 Å². The summed E-state index contributed by atoms with van der Waals surface area (Å²) in [6.07, 6.45) is 0.653. The van der Waals surface area contributed by atoms with E-state index in [-0.39, 0.29) is 12.3 Å². The Morgan fingerprint density at radius 3 is 2.78 bits per heavy atom. The van der Waals surface area contributed by atoms with Gasteiger partial charge in [-0.2, -0.15) is 0 Å². The van der Waals surface area contributed by atoms with E-state index < -0.39 is 24.7 Å². The lowest BCUT2D eigenvalue weighted by molar-refractivity contribution is -0.116. The zero-order chi connectivity index (χ0) is 20.0. The van der Waals surface area contributed by atoms with Crippen molar-refractivity contribution in [1.82, 2.24) is 10.3 Å². The zero-order valence-corrected chi connectivity index (χ0v) is 15.5. The Labute approximate surface area is 156 Å². The Balaban J connectivity index is 2.18. The molecule has 0 aliphatic rings. The molecule has 0 bridgehead atoms. The van der Waals surface area contributed by atoms with E-state index in [9.17, 15) is 15.0 Å². The quantitative estimate of drug-likeness (QED) is 0.386. The molecule has 1 aromatic carbocycles. The van der Waals surface area contributed by atoms with Crippen molar-refractivity contribution in [1.29, 1.82) is 0 Å². The predicted molar refractivity (Wildman–Crippen MR) is 99.6 cm³/mol. The second kappa shape index (κ2) is 9.15. The molecule has 0 aliphatic carbocycles. The number of aliphatic imine (C=N–C) groups is 1. The summed E-state index contributed by atoms with van der Waals surface area (Å²) in [6.45, 7) is 2.97. The molecule has 27 heavy (non-hydrogen) atoms. The van der Waals surface area contributed by atoms with Gasteiger partial charge in [-0.25, -0.2) is 4.98 Å². The number of hydrogen-bond donors (Lipinski definition) is 4. The summed E-state index contributed by atoms with van der Waals surface area (Å²) in [4.78, 5) is 20.5. The first-order valence-corrected chi connectivity index (χ1v) is 8.36. The number of hydrogen-bond acceptors (Lipinski definition) is 8. The molecule has 9 heteroatoms. The first-order chi connectivity index (χ1) is 12.8. The van der Waals surface area contributed by atoms with E-state index in [1.54, 1.807) is 31.3 Å². The molecule has 2 rings (SSSR count). The first kappa shape index (κ1) is 20.4. The van der Waals surface area contributed by atoms with Crippen molar-refractivity contribution >= 4 is 17.3 Å². The van der Waals surface area contributed by atoms with Crippen molar-refractivity contribution in [2.75, 3.05) is 19.4 Å². The van der Waals surface area contributed by atoms with Gasteiger partial charge in [0.15, 0.2) is 11.7 Å². The Morgan fingerprint density at radius 1 is 1.48 bits per heavy atom. The Morgan fingerprint density at radius 2 is 2.22 bits per heavy atom. The van der Waals surface area contributed by atoms with Crippen molar-refractivity contribution in [2.45, 2.75) is 32.6 Å². The summed E-state index contributed by atoms with van der Waals surface area (Å²) < 4.78 is 11.0. The highest BCUT2D eigenvalue weighted by molar-refractivity contribution is 6.46. The minimum atomic E-state index is -0.922. The van der Waals surface area contributed by atoms with E-state index in [0.717, 1.165) is 0 Å². The molecule has 0 saturated heterocycles. The van der Waals surface area contributed by atoms with E-state index in [2.05, 4.69) is 15.3 Å². The molecule has 0 aliphatic heterocycles. The number of benzene rings is 1. The monoisotopic (exact) mass is 376 g/mol. The molecule has 1 amide bonds. The van der Waals surface area contributed by atoms with Crippen LogP contribution in [0.5, 0.6) is 5.75 Å². The van der Waals surface area contributed by atoms with Crippen LogP contribution >= 0.6 is 0 Å². The van der Waals surface area contributed by atoms with Crippen LogP contribution in [0, 0.1) is 6.92 Å². The van der Waals surface area contributed by atoms with Crippen LogP contribution in [0.4, 0.5) is 5.69 Å². The maximum atomic E-state index is 12.5. The predicted octanol–water partition coefficient (Wildman–Crippen LogP) is 0.421. The fraction of sp³-hybridized carbons (Fsp3) is 0.389. The molecule has 0 saturated carbocycles. The van der Waals surface area contributed by atoms with Crippen LogP contribution in [0.15, 0.2) is 33.8 Å². The standard InChI is InChI=1S/C18H24N4O5/c1-10(24)16(8-23)22-18(25)17(20-3)14-6-12(4-5-15(14)19)26-9-13-7-21-11(2)27-13/h4-7,10,16,23-24H,8-9,19H2,1-3H3,(H,22,25)/t10-,16-/m1/s1. The summed E-state index contributed by atoms with van der Waals surface area (Å²) in [7, 11) is 1.45. The van der Waals surface area contributed by atoms with Crippen LogP contribution in [-0.2, 0) is 11.4 Å². The lowest BCUT2D eigenvalue weighted by atomic mass is 10.1. The van der Waals surface area contributed by atoms with Gasteiger partial charge in [-0.05, 0) is 25.1 Å². The lowest BCUT2D eigenvalue weighted by Crippen LogP contribution is -2.47. The number of aryl methyl sites for hydroxylation is 1. The summed E-state index contributed by atoms with van der Waals surface area (Å²) in [6, 6.07) is 4.05. The van der Waals surface area contributed by atoms with E-state index in [1.165, 1.54) is 14.0 Å². The maximum absolute atomic E-state index is 12.5. The van der Waals surface area contributed by atoms with Gasteiger partial charge < -0.3 is 30.4 Å². The smallest absolute Gasteiger partial charge is 0.270 e. The van der Waals surface area contributed by atoms with Gasteiger partial charge in [-0.15, -0.1) is 0 Å². The number of nitrogens with two attached hydrogens (primary N) is 1. The topological polar surface area (TPSA) is 143 Å². The van der Waals surface area contributed by atoms with Gasteiger partial charge in [-0.1, -0.05) is 0 Å². The zero-order valence-electron chi connectivity index (χ0n) is 15.5. The highest BCUT2D eigenvalue weighted by Gasteiger charge is 2.22. The molecule has 1 heterocycles. The van der Waals surface area contributed by atoms with Gasteiger partial charge in [0.2, 0.25) is 0 Å². The molecule has 0 fully saturated rings. The number of nitrogens with one attached hydrogen (secondary N) is 1. The number of rotatable bonds is 8. The first-order valence-electron chi connectivity index (χ1n) is 8.36. The summed E-state index contributed by atoms with van der Waals surface area (Å²) in [5, 5.41) is 21.4. The molecular weight excluding hydrogens is 352 g/mol. The van der Waals surface area contributed by atoms with Crippen molar-refractivity contribution < 1.29 is 24.2 Å². The summed E-state index contributed by atoms with van der Waals surface area (Å²) in [5.41, 5.74) is 6.77. The normalized spacial score (nSPS) is 13.9. The van der Waals surface area contributed by atoms with Crippen molar-refractivity contribution in [3.05, 3.63) is 41.6 Å². The second-order valence-electron chi connectivity index (χ2n) is 5.96. The van der Waals surface area contributed by atoms with Gasteiger partial charge >= 0.3 is 0 Å². The maximum Gasteiger partial charge on any atom is 0.270 e. The molecule has 0 unspecified atom stereocenters. The van der Waals surface area contributed by atoms with E-state index in [0.29, 0.717) is 28.7 Å². The molecule has 146 valence electrons. The SMILES string of the molecule is CN=C(C(=O)N[C@H](CO)[C@@H](C)O)c1cc(OCc2cnc(C)o2)ccc1N. The third-order valence-electron chi connectivity index (χ3n) is 3.86. The summed E-state index contributed by atoms with van der Waals surface area (Å²) in [5.74, 6) is 1.01. The van der Waals surface area contributed by atoms with Crippen molar-refractivity contribution in [2.24, 2.45) is 4.99 Å². The average Bonchev–Trinajstić information content (AvgIpc) is 3.05. The second-order valence-corrected chi connectivity index (χ2v) is 5.96. The molecule has 5 N–H and O–H groups in total. The molecule has 9 nitrogen and oxygen atoms in total. The highest BCUT2D eigenvalue weighted by Crippen LogP contribution is 2.22. The van der Waals surface area contributed by atoms with Crippen LogP contribution < -0.4 is 15.8 Å². The Hall–Kier alpha value is -2.91. The number of aliphatic hydroxyl groups is 2. The number of anilines is 1. The number of carbonyl (C=O) groups excluding carboxylic acids is 1. The third-order valence-corrected chi connectivity index (χ3v) is 3.86. The van der Waals surface area contributed by atoms with Gasteiger partial charge in [-0.3, -0.25) is 9.79 Å². The number of aliphatic hydroxyl groups excluding tert-OH is 2.